The first kappa shape index (κ1) is 25.6. The Morgan fingerprint density at radius 2 is 2.05 bits per heavy atom. The minimum atomic E-state index is -3.18. The van der Waals surface area contributed by atoms with E-state index in [9.17, 15) is 13.7 Å². The summed E-state index contributed by atoms with van der Waals surface area (Å²) in [7, 11) is -1.31. The van der Waals surface area contributed by atoms with Crippen LogP contribution in [0, 0.1) is 17.2 Å². The monoisotopic (exact) mass is 540 g/mol. The van der Waals surface area contributed by atoms with E-state index in [1.807, 2.05) is 32.2 Å². The summed E-state index contributed by atoms with van der Waals surface area (Å²) in [5.41, 5.74) is 3.25. The van der Waals surface area contributed by atoms with Crippen molar-refractivity contribution in [1.82, 2.24) is 29.4 Å². The number of piperidine rings is 1. The molecule has 1 saturated carbocycles. The number of aromatic nitrogens is 4. The molecular weight excluding hydrogens is 512 g/mol. The van der Waals surface area contributed by atoms with Gasteiger partial charge in [0.2, 0.25) is 16.0 Å². The van der Waals surface area contributed by atoms with Gasteiger partial charge in [0, 0.05) is 37.4 Å². The van der Waals surface area contributed by atoms with Crippen LogP contribution >= 0.6 is 11.6 Å². The predicted molar refractivity (Wildman–Crippen MR) is 142 cm³/mol. The molecule has 1 aromatic carbocycles. The van der Waals surface area contributed by atoms with E-state index < -0.39 is 10.0 Å². The summed E-state index contributed by atoms with van der Waals surface area (Å²) in [6.07, 6.45) is 7.12. The van der Waals surface area contributed by atoms with Crippen LogP contribution in [0.4, 0.5) is 5.95 Å². The second-order valence-corrected chi connectivity index (χ2v) is 12.3. The maximum atomic E-state index is 12.6. The molecule has 10 nitrogen and oxygen atoms in total. The molecule has 1 aliphatic heterocycles. The van der Waals surface area contributed by atoms with Gasteiger partial charge in [-0.15, -0.1) is 0 Å². The van der Waals surface area contributed by atoms with Crippen LogP contribution in [0.25, 0.3) is 16.9 Å². The molecule has 37 heavy (non-hydrogen) atoms. The van der Waals surface area contributed by atoms with Crippen LogP contribution in [-0.4, -0.2) is 63.9 Å². The van der Waals surface area contributed by atoms with Gasteiger partial charge in [0.25, 0.3) is 0 Å². The van der Waals surface area contributed by atoms with Crippen LogP contribution < -0.4 is 10.6 Å². The molecule has 0 bridgehead atoms. The van der Waals surface area contributed by atoms with Gasteiger partial charge in [-0.3, -0.25) is 0 Å². The SMILES string of the molecule is CNCc1ccc(-n2cc(-c3nc(N[C@H]4CCN(S(=O)(=O)C5CC5)C[C@H]4C)ncc3C#N)cn2)c(Cl)c1. The standard InChI is InChI=1S/C25H29ClN8O2S/c1-16-14-33(37(35,36)20-4-5-20)8-7-22(16)31-25-29-12-18(10-27)24(32-25)19-13-30-34(15-19)23-6-3-17(11-28-2)9-21(23)26/h3,6,9,12-13,15-16,20,22,28H,4-5,7-8,11,14H2,1-2H3,(H,29,31,32)/t16-,22+/m1/s1. The van der Waals surface area contributed by atoms with Crippen LogP contribution in [0.15, 0.2) is 36.8 Å². The molecule has 12 heteroatoms. The number of benzene rings is 1. The van der Waals surface area contributed by atoms with Crippen molar-refractivity contribution >= 4 is 27.6 Å². The first-order valence-corrected chi connectivity index (χ1v) is 14.2. The first-order chi connectivity index (χ1) is 17.8. The molecule has 0 unspecified atom stereocenters. The number of hydrogen-bond donors (Lipinski definition) is 2. The van der Waals surface area contributed by atoms with Crippen molar-refractivity contribution in [2.75, 3.05) is 25.5 Å². The van der Waals surface area contributed by atoms with Crippen molar-refractivity contribution in [2.45, 2.75) is 44.0 Å². The Labute approximate surface area is 221 Å². The molecule has 3 heterocycles. The molecule has 194 valence electrons. The fraction of sp³-hybridized carbons (Fsp3) is 0.440. The number of nitrogens with zero attached hydrogens (tertiary/aromatic N) is 6. The number of anilines is 1. The maximum Gasteiger partial charge on any atom is 0.223 e. The molecule has 0 amide bonds. The molecular formula is C25H29ClN8O2S. The number of rotatable bonds is 8. The van der Waals surface area contributed by atoms with Crippen LogP contribution in [-0.2, 0) is 16.6 Å². The zero-order valence-electron chi connectivity index (χ0n) is 20.7. The number of hydrogen-bond acceptors (Lipinski definition) is 8. The minimum Gasteiger partial charge on any atom is -0.351 e. The van der Waals surface area contributed by atoms with Crippen LogP contribution in [0.3, 0.4) is 0 Å². The van der Waals surface area contributed by atoms with Crippen LogP contribution in [0.2, 0.25) is 5.02 Å². The van der Waals surface area contributed by atoms with E-state index in [1.54, 1.807) is 21.4 Å². The number of halogens is 1. The van der Waals surface area contributed by atoms with Crippen molar-refractivity contribution in [1.29, 1.82) is 5.26 Å². The van der Waals surface area contributed by atoms with Gasteiger partial charge in [0.05, 0.1) is 39.6 Å². The van der Waals surface area contributed by atoms with Crippen molar-refractivity contribution < 1.29 is 8.42 Å². The van der Waals surface area contributed by atoms with Crippen LogP contribution in [0.1, 0.15) is 37.3 Å². The van der Waals surface area contributed by atoms with Gasteiger partial charge in [-0.25, -0.2) is 27.4 Å². The van der Waals surface area contributed by atoms with Gasteiger partial charge in [-0.2, -0.15) is 10.4 Å². The fourth-order valence-corrected chi connectivity index (χ4v) is 6.92. The lowest BCUT2D eigenvalue weighted by atomic mass is 9.95. The summed E-state index contributed by atoms with van der Waals surface area (Å²) >= 11 is 6.50. The van der Waals surface area contributed by atoms with Gasteiger partial charge in [-0.1, -0.05) is 24.6 Å². The summed E-state index contributed by atoms with van der Waals surface area (Å²) in [6.45, 7) is 3.69. The van der Waals surface area contributed by atoms with E-state index in [0.29, 0.717) is 53.8 Å². The molecule has 3 aromatic rings. The van der Waals surface area contributed by atoms with Gasteiger partial charge in [-0.05, 0) is 49.9 Å². The highest BCUT2D eigenvalue weighted by Crippen LogP contribution is 2.34. The third-order valence-corrected chi connectivity index (χ3v) is 9.56. The largest absolute Gasteiger partial charge is 0.351 e. The summed E-state index contributed by atoms with van der Waals surface area (Å²) in [5.74, 6) is 0.479. The molecule has 2 fully saturated rings. The number of nitriles is 1. The third-order valence-electron chi connectivity index (χ3n) is 6.89. The Morgan fingerprint density at radius 3 is 2.73 bits per heavy atom. The first-order valence-electron chi connectivity index (χ1n) is 12.3. The third kappa shape index (κ3) is 5.33. The molecule has 2 N–H and O–H groups in total. The molecule has 5 rings (SSSR count). The Morgan fingerprint density at radius 1 is 1.24 bits per heavy atom. The van der Waals surface area contributed by atoms with E-state index in [-0.39, 0.29) is 17.2 Å². The lowest BCUT2D eigenvalue weighted by Gasteiger charge is -2.36. The fourth-order valence-electron chi connectivity index (χ4n) is 4.68. The lowest BCUT2D eigenvalue weighted by molar-refractivity contribution is 0.260. The van der Waals surface area contributed by atoms with Gasteiger partial charge in [0.1, 0.15) is 6.07 Å². The topological polar surface area (TPSA) is 129 Å². The normalized spacial score (nSPS) is 20.5. The summed E-state index contributed by atoms with van der Waals surface area (Å²) in [4.78, 5) is 8.99. The highest BCUT2D eigenvalue weighted by atomic mass is 35.5. The molecule has 2 aliphatic rings. The average Bonchev–Trinajstić information content (AvgIpc) is 3.64. The zero-order chi connectivity index (χ0) is 26.2. The molecule has 0 radical (unpaired) electrons. The van der Waals surface area contributed by atoms with Gasteiger partial charge < -0.3 is 10.6 Å². The number of sulfonamides is 1. The van der Waals surface area contributed by atoms with Crippen molar-refractivity contribution in [3.05, 3.63) is 52.9 Å². The molecule has 1 aliphatic carbocycles. The smallest absolute Gasteiger partial charge is 0.223 e. The van der Waals surface area contributed by atoms with Crippen molar-refractivity contribution in [2.24, 2.45) is 5.92 Å². The Kier molecular flexibility index (Phi) is 7.18. The average molecular weight is 541 g/mol. The van der Waals surface area contributed by atoms with Crippen molar-refractivity contribution in [3.8, 4) is 23.0 Å². The highest BCUT2D eigenvalue weighted by Gasteiger charge is 2.42. The van der Waals surface area contributed by atoms with E-state index in [4.69, 9.17) is 11.6 Å². The van der Waals surface area contributed by atoms with E-state index in [1.165, 1.54) is 6.20 Å². The molecule has 2 atom stereocenters. The van der Waals surface area contributed by atoms with Crippen molar-refractivity contribution in [3.63, 3.8) is 0 Å². The van der Waals surface area contributed by atoms with Crippen LogP contribution in [0.5, 0.6) is 0 Å². The predicted octanol–water partition coefficient (Wildman–Crippen LogP) is 3.19. The van der Waals surface area contributed by atoms with Gasteiger partial charge >= 0.3 is 0 Å². The second-order valence-electron chi connectivity index (χ2n) is 9.68. The summed E-state index contributed by atoms with van der Waals surface area (Å²) in [5, 5.41) is 21.0. The Hall–Kier alpha value is -3.04. The Balaban J connectivity index is 1.34. The molecule has 0 spiro atoms. The molecule has 1 saturated heterocycles. The quantitative estimate of drug-likeness (QED) is 0.445. The Bertz CT molecular complexity index is 1450. The van der Waals surface area contributed by atoms with Gasteiger partial charge in [0.15, 0.2) is 0 Å². The molecule has 2 aromatic heterocycles. The zero-order valence-corrected chi connectivity index (χ0v) is 22.3. The minimum absolute atomic E-state index is 0.0177. The maximum absolute atomic E-state index is 12.6. The van der Waals surface area contributed by atoms with E-state index >= 15 is 0 Å². The summed E-state index contributed by atoms with van der Waals surface area (Å²) in [6, 6.07) is 7.95. The number of nitrogens with one attached hydrogen (secondary N) is 2. The lowest BCUT2D eigenvalue weighted by Crippen LogP contribution is -2.48. The van der Waals surface area contributed by atoms with E-state index in [0.717, 1.165) is 24.1 Å². The highest BCUT2D eigenvalue weighted by molar-refractivity contribution is 7.90. The van der Waals surface area contributed by atoms with E-state index in [2.05, 4.69) is 31.8 Å². The summed E-state index contributed by atoms with van der Waals surface area (Å²) < 4.78 is 28.6. The second kappa shape index (κ2) is 10.4.